The lowest BCUT2D eigenvalue weighted by Gasteiger charge is -2.28. The second-order valence-corrected chi connectivity index (χ2v) is 14.0. The minimum Gasteiger partial charge on any atom is -0.744 e. The molecule has 0 fully saturated rings. The van der Waals surface area contributed by atoms with Gasteiger partial charge in [-0.3, -0.25) is 4.90 Å². The Labute approximate surface area is 277 Å². The molecule has 4 aromatic rings. The van der Waals surface area contributed by atoms with E-state index in [0.29, 0.717) is 13.1 Å². The van der Waals surface area contributed by atoms with E-state index < -0.39 is 20.2 Å². The highest BCUT2D eigenvalue weighted by atomic mass is 32.2. The first-order valence-corrected chi connectivity index (χ1v) is 18.1. The molecule has 10 heteroatoms. The maximum Gasteiger partial charge on any atom is 0.124 e. The predicted molar refractivity (Wildman–Crippen MR) is 183 cm³/mol. The molecule has 0 atom stereocenters. The summed E-state index contributed by atoms with van der Waals surface area (Å²) in [7, 11) is -8.96. The van der Waals surface area contributed by atoms with Gasteiger partial charge in [0.2, 0.25) is 0 Å². The van der Waals surface area contributed by atoms with Crippen molar-refractivity contribution >= 4 is 31.5 Å². The maximum atomic E-state index is 11.3. The van der Waals surface area contributed by atoms with E-state index in [1.165, 1.54) is 24.3 Å². The van der Waals surface area contributed by atoms with Gasteiger partial charge in [0.25, 0.3) is 0 Å². The predicted octanol–water partition coefficient (Wildman–Crippen LogP) is 6.34. The zero-order valence-electron chi connectivity index (χ0n) is 26.2. The van der Waals surface area contributed by atoms with Crippen LogP contribution >= 0.6 is 0 Å². The van der Waals surface area contributed by atoms with Crippen LogP contribution in [-0.2, 0) is 33.3 Å². The molecule has 0 spiro atoms. The maximum absolute atomic E-state index is 11.3. The average Bonchev–Trinajstić information content (AvgIpc) is 3.07. The standard InChI is InChI=1S/C37H38N2O6S2/c1-3-38(26-28-10-22-35(23-11-28)46(40,41)42)33-18-14-31(15-19-33)37(30-8-6-5-7-9-30)32-16-20-34(21-17-32)39(4-2)27-29-12-24-36(25-13-29)47(43,44)45/h5-25,33H,3-4,26-27H2,1-2H3,(H,40,41,42)(H,43,44,45)/p-2. The van der Waals surface area contributed by atoms with Gasteiger partial charge in [0, 0.05) is 31.4 Å². The van der Waals surface area contributed by atoms with Crippen LogP contribution in [0.1, 0.15) is 36.1 Å². The number of nitrogens with zero attached hydrogens (tertiary/aromatic N) is 2. The van der Waals surface area contributed by atoms with Crippen LogP contribution in [-0.4, -0.2) is 50.0 Å². The summed E-state index contributed by atoms with van der Waals surface area (Å²) in [5.41, 5.74) is 7.15. The van der Waals surface area contributed by atoms with Crippen molar-refractivity contribution in [3.05, 3.63) is 155 Å². The Kier molecular flexibility index (Phi) is 10.6. The van der Waals surface area contributed by atoms with Gasteiger partial charge in [-0.1, -0.05) is 98.0 Å². The van der Waals surface area contributed by atoms with Crippen molar-refractivity contribution in [2.45, 2.75) is 42.8 Å². The third-order valence-corrected chi connectivity index (χ3v) is 9.91. The summed E-state index contributed by atoms with van der Waals surface area (Å²) in [4.78, 5) is 3.97. The van der Waals surface area contributed by atoms with Gasteiger partial charge in [-0.05, 0) is 83.3 Å². The number of benzene rings is 4. The zero-order chi connectivity index (χ0) is 33.6. The summed E-state index contributed by atoms with van der Waals surface area (Å²) in [6.07, 6.45) is 8.60. The lowest BCUT2D eigenvalue weighted by molar-refractivity contribution is 0.264. The normalized spacial score (nSPS) is 14.8. The molecule has 0 bridgehead atoms. The van der Waals surface area contributed by atoms with Crippen LogP contribution < -0.4 is 4.90 Å². The van der Waals surface area contributed by atoms with Crippen LogP contribution in [0.5, 0.6) is 0 Å². The summed E-state index contributed by atoms with van der Waals surface area (Å²) in [6.45, 7) is 6.79. The van der Waals surface area contributed by atoms with Crippen molar-refractivity contribution in [3.63, 3.8) is 0 Å². The van der Waals surface area contributed by atoms with Crippen LogP contribution in [0.4, 0.5) is 5.69 Å². The zero-order valence-corrected chi connectivity index (χ0v) is 27.8. The van der Waals surface area contributed by atoms with Gasteiger partial charge < -0.3 is 14.0 Å². The van der Waals surface area contributed by atoms with Crippen LogP contribution in [0, 0.1) is 0 Å². The van der Waals surface area contributed by atoms with E-state index in [1.807, 2.05) is 18.2 Å². The molecule has 0 aromatic heterocycles. The van der Waals surface area contributed by atoms with E-state index >= 15 is 0 Å². The summed E-state index contributed by atoms with van der Waals surface area (Å²) in [6, 6.07) is 30.8. The number of likely N-dealkylation sites (N-methyl/N-ethyl adjacent to an activating group) is 1. The molecule has 0 amide bonds. The van der Waals surface area contributed by atoms with E-state index in [1.54, 1.807) is 24.3 Å². The number of hydrogen-bond acceptors (Lipinski definition) is 8. The first-order valence-electron chi connectivity index (χ1n) is 15.3. The van der Waals surface area contributed by atoms with Gasteiger partial charge in [-0.25, -0.2) is 16.8 Å². The first kappa shape index (κ1) is 34.0. The molecule has 0 saturated carbocycles. The molecule has 5 rings (SSSR count). The van der Waals surface area contributed by atoms with E-state index in [9.17, 15) is 25.9 Å². The van der Waals surface area contributed by atoms with Gasteiger partial charge in [-0.2, -0.15) is 0 Å². The second-order valence-electron chi connectivity index (χ2n) is 11.2. The Morgan fingerprint density at radius 2 is 1.11 bits per heavy atom. The monoisotopic (exact) mass is 668 g/mol. The molecule has 1 aliphatic rings. The van der Waals surface area contributed by atoms with Crippen molar-refractivity contribution in [2.24, 2.45) is 0 Å². The van der Waals surface area contributed by atoms with E-state index in [-0.39, 0.29) is 15.8 Å². The number of allylic oxidation sites excluding steroid dienone is 3. The fraction of sp³-hybridized carbons (Fsp3) is 0.189. The molecule has 0 N–H and O–H groups in total. The second kappa shape index (κ2) is 14.6. The molecule has 8 nitrogen and oxygen atoms in total. The third-order valence-electron chi connectivity index (χ3n) is 8.21. The number of rotatable bonds is 12. The average molecular weight is 669 g/mol. The highest BCUT2D eigenvalue weighted by Gasteiger charge is 2.18. The highest BCUT2D eigenvalue weighted by Crippen LogP contribution is 2.32. The van der Waals surface area contributed by atoms with Crippen molar-refractivity contribution in [3.8, 4) is 0 Å². The molecule has 1 aliphatic carbocycles. The molecule has 4 aromatic carbocycles. The van der Waals surface area contributed by atoms with Gasteiger partial charge in [0.1, 0.15) is 20.2 Å². The molecule has 0 radical (unpaired) electrons. The van der Waals surface area contributed by atoms with Crippen LogP contribution in [0.25, 0.3) is 5.57 Å². The molecule has 47 heavy (non-hydrogen) atoms. The molecule has 244 valence electrons. The SMILES string of the molecule is CCN(Cc1ccc(S(=O)(=O)[O-])cc1)c1ccc(C(=C2C=CC(N(CC)Cc3ccc(S(=O)(=O)[O-])cc3)C=C2)c2ccccc2)cc1. The summed E-state index contributed by atoms with van der Waals surface area (Å²) in [5, 5.41) is 0. The van der Waals surface area contributed by atoms with Gasteiger partial charge in [0.05, 0.1) is 9.79 Å². The minimum absolute atomic E-state index is 0.0343. The molecular formula is C37H36N2O6S2-2. The Morgan fingerprint density at radius 3 is 1.57 bits per heavy atom. The smallest absolute Gasteiger partial charge is 0.124 e. The number of hydrogen-bond donors (Lipinski definition) is 0. The van der Waals surface area contributed by atoms with Crippen molar-refractivity contribution < 1.29 is 25.9 Å². The van der Waals surface area contributed by atoms with Crippen LogP contribution in [0.3, 0.4) is 0 Å². The van der Waals surface area contributed by atoms with Crippen LogP contribution in [0.15, 0.2) is 143 Å². The van der Waals surface area contributed by atoms with Gasteiger partial charge in [0.15, 0.2) is 0 Å². The van der Waals surface area contributed by atoms with Gasteiger partial charge in [-0.15, -0.1) is 0 Å². The molecule has 0 saturated heterocycles. The number of anilines is 1. The molecular weight excluding hydrogens is 633 g/mol. The largest absolute Gasteiger partial charge is 0.744 e. The fourth-order valence-electron chi connectivity index (χ4n) is 5.67. The Hall–Kier alpha value is -4.32. The minimum atomic E-state index is -4.48. The quantitative estimate of drug-likeness (QED) is 0.160. The summed E-state index contributed by atoms with van der Waals surface area (Å²) >= 11 is 0. The topological polar surface area (TPSA) is 121 Å². The first-order chi connectivity index (χ1) is 22.5. The summed E-state index contributed by atoms with van der Waals surface area (Å²) < 4.78 is 67.8. The highest BCUT2D eigenvalue weighted by molar-refractivity contribution is 7.86. The van der Waals surface area contributed by atoms with Crippen LogP contribution in [0.2, 0.25) is 0 Å². The lowest BCUT2D eigenvalue weighted by atomic mass is 9.90. The molecule has 0 aliphatic heterocycles. The molecule has 0 unspecified atom stereocenters. The fourth-order valence-corrected chi connectivity index (χ4v) is 6.61. The Bertz CT molecular complexity index is 1970. The molecule has 0 heterocycles. The van der Waals surface area contributed by atoms with E-state index in [2.05, 4.69) is 84.3 Å². The van der Waals surface area contributed by atoms with E-state index in [0.717, 1.165) is 52.2 Å². The summed E-state index contributed by atoms with van der Waals surface area (Å²) in [5.74, 6) is 0. The Morgan fingerprint density at radius 1 is 0.617 bits per heavy atom. The van der Waals surface area contributed by atoms with E-state index in [4.69, 9.17) is 0 Å². The van der Waals surface area contributed by atoms with Crippen molar-refractivity contribution in [1.29, 1.82) is 0 Å². The van der Waals surface area contributed by atoms with Crippen molar-refractivity contribution in [1.82, 2.24) is 4.90 Å². The lowest BCUT2D eigenvalue weighted by Crippen LogP contribution is -2.32. The van der Waals surface area contributed by atoms with Crippen molar-refractivity contribution in [2.75, 3.05) is 18.0 Å². The van der Waals surface area contributed by atoms with Gasteiger partial charge >= 0.3 is 0 Å². The Balaban J connectivity index is 1.37. The third kappa shape index (κ3) is 8.54.